The number of amides is 1. The summed E-state index contributed by atoms with van der Waals surface area (Å²) in [5.41, 5.74) is 7.53. The van der Waals surface area contributed by atoms with Gasteiger partial charge in [-0.15, -0.1) is 11.3 Å². The molecule has 0 radical (unpaired) electrons. The molecule has 0 saturated heterocycles. The van der Waals surface area contributed by atoms with Gasteiger partial charge in [-0.1, -0.05) is 24.3 Å². The fraction of sp³-hybridized carbons (Fsp3) is 0.190. The summed E-state index contributed by atoms with van der Waals surface area (Å²) in [7, 11) is 0. The number of aryl methyl sites for hydroxylation is 1. The van der Waals surface area contributed by atoms with Gasteiger partial charge in [-0.3, -0.25) is 4.79 Å². The van der Waals surface area contributed by atoms with E-state index in [0.29, 0.717) is 21.7 Å². The van der Waals surface area contributed by atoms with E-state index in [1.54, 1.807) is 24.3 Å². The largest absolute Gasteiger partial charge is 0.416 e. The molecule has 0 unspecified atom stereocenters. The zero-order valence-corrected chi connectivity index (χ0v) is 16.2. The molecule has 0 aliphatic heterocycles. The van der Waals surface area contributed by atoms with Crippen LogP contribution in [0, 0.1) is 18.3 Å². The monoisotopic (exact) mass is 415 g/mol. The highest BCUT2D eigenvalue weighted by Gasteiger charge is 2.30. The molecule has 0 aliphatic rings. The first-order chi connectivity index (χ1) is 13.7. The highest BCUT2D eigenvalue weighted by Crippen LogP contribution is 2.34. The van der Waals surface area contributed by atoms with Crippen LogP contribution in [0.2, 0.25) is 0 Å². The molecule has 148 valence electrons. The number of nitrogens with zero attached hydrogens (tertiary/aromatic N) is 2. The van der Waals surface area contributed by atoms with Gasteiger partial charge in [-0.05, 0) is 41.8 Å². The van der Waals surface area contributed by atoms with Gasteiger partial charge in [0.2, 0.25) is 5.91 Å². The number of nitrogens with two attached hydrogens (primary N) is 1. The van der Waals surface area contributed by atoms with Crippen LogP contribution < -0.4 is 5.73 Å². The second-order valence-corrected chi connectivity index (χ2v) is 7.55. The van der Waals surface area contributed by atoms with Crippen LogP contribution in [0.25, 0.3) is 10.4 Å². The minimum Gasteiger partial charge on any atom is -0.366 e. The van der Waals surface area contributed by atoms with Gasteiger partial charge in [0.25, 0.3) is 0 Å². The second-order valence-electron chi connectivity index (χ2n) is 6.47. The Hall–Kier alpha value is -3.18. The van der Waals surface area contributed by atoms with Gasteiger partial charge >= 0.3 is 6.18 Å². The third-order valence-corrected chi connectivity index (χ3v) is 5.56. The van der Waals surface area contributed by atoms with E-state index in [4.69, 9.17) is 11.0 Å². The minimum atomic E-state index is -4.39. The van der Waals surface area contributed by atoms with Gasteiger partial charge < -0.3 is 5.73 Å². The molecule has 0 fully saturated rings. The normalized spacial score (nSPS) is 11.3. The Morgan fingerprint density at radius 3 is 2.66 bits per heavy atom. The predicted octanol–water partition coefficient (Wildman–Crippen LogP) is 4.89. The first kappa shape index (κ1) is 20.6. The number of hydrogen-bond acceptors (Lipinski definition) is 4. The van der Waals surface area contributed by atoms with Gasteiger partial charge in [0.05, 0.1) is 33.6 Å². The van der Waals surface area contributed by atoms with E-state index in [1.165, 1.54) is 17.4 Å². The maximum absolute atomic E-state index is 12.9. The van der Waals surface area contributed by atoms with E-state index in [9.17, 15) is 18.0 Å². The molecular formula is C21H16F3N3OS. The first-order valence-corrected chi connectivity index (χ1v) is 9.43. The molecule has 1 heterocycles. The van der Waals surface area contributed by atoms with Crippen molar-refractivity contribution in [2.24, 2.45) is 5.73 Å². The molecule has 29 heavy (non-hydrogen) atoms. The molecule has 0 bridgehead atoms. The van der Waals surface area contributed by atoms with Crippen molar-refractivity contribution in [2.75, 3.05) is 0 Å². The zero-order valence-electron chi connectivity index (χ0n) is 15.4. The number of carbonyl (C=O) groups excluding carboxylic acids is 1. The van der Waals surface area contributed by atoms with E-state index < -0.39 is 17.6 Å². The van der Waals surface area contributed by atoms with Crippen molar-refractivity contribution in [3.63, 3.8) is 0 Å². The van der Waals surface area contributed by atoms with Crippen LogP contribution in [0.15, 0.2) is 42.5 Å². The van der Waals surface area contributed by atoms with Crippen LogP contribution >= 0.6 is 11.3 Å². The molecule has 2 N–H and O–H groups in total. The number of nitriles is 1. The summed E-state index contributed by atoms with van der Waals surface area (Å²) in [5.74, 6) is -0.604. The van der Waals surface area contributed by atoms with Crippen molar-refractivity contribution in [2.45, 2.75) is 25.9 Å². The fourth-order valence-corrected chi connectivity index (χ4v) is 4.13. The van der Waals surface area contributed by atoms with Crippen LogP contribution in [0.3, 0.4) is 0 Å². The average molecular weight is 415 g/mol. The molecule has 0 aliphatic carbocycles. The molecule has 8 heteroatoms. The van der Waals surface area contributed by atoms with E-state index in [1.807, 2.05) is 13.0 Å². The third-order valence-electron chi connectivity index (χ3n) is 4.35. The lowest BCUT2D eigenvalue weighted by molar-refractivity contribution is -0.137. The SMILES string of the molecule is Cc1nc(Cc2cccc(C(F)(F)F)c2)sc1-c1ccc(C(N)=O)c(CC#N)c1. The maximum Gasteiger partial charge on any atom is 0.416 e. The molecule has 4 nitrogen and oxygen atoms in total. The van der Waals surface area contributed by atoms with Crippen LogP contribution in [0.4, 0.5) is 13.2 Å². The first-order valence-electron chi connectivity index (χ1n) is 8.61. The van der Waals surface area contributed by atoms with Gasteiger partial charge in [0.1, 0.15) is 0 Å². The van der Waals surface area contributed by atoms with Gasteiger partial charge in [0.15, 0.2) is 0 Å². The van der Waals surface area contributed by atoms with Crippen LogP contribution in [-0.4, -0.2) is 10.9 Å². The van der Waals surface area contributed by atoms with Gasteiger partial charge in [-0.2, -0.15) is 18.4 Å². The van der Waals surface area contributed by atoms with Crippen molar-refractivity contribution in [3.05, 3.63) is 75.4 Å². The van der Waals surface area contributed by atoms with Crippen molar-refractivity contribution in [1.82, 2.24) is 4.98 Å². The standard InChI is InChI=1S/C21H16F3N3OS/c1-12-19(15-5-6-17(20(26)28)14(11-15)7-8-25)29-18(27-12)10-13-3-2-4-16(9-13)21(22,23)24/h2-6,9,11H,7,10H2,1H3,(H2,26,28). The number of thiazole rings is 1. The maximum atomic E-state index is 12.9. The Morgan fingerprint density at radius 1 is 1.24 bits per heavy atom. The molecule has 2 aromatic carbocycles. The number of benzene rings is 2. The summed E-state index contributed by atoms with van der Waals surface area (Å²) >= 11 is 1.37. The lowest BCUT2D eigenvalue weighted by atomic mass is 10.00. The van der Waals surface area contributed by atoms with Gasteiger partial charge in [0, 0.05) is 12.0 Å². The molecule has 0 atom stereocenters. The lowest BCUT2D eigenvalue weighted by Crippen LogP contribution is -2.13. The number of hydrogen-bond donors (Lipinski definition) is 1. The van der Waals surface area contributed by atoms with E-state index in [-0.39, 0.29) is 12.8 Å². The quantitative estimate of drug-likeness (QED) is 0.644. The second kappa shape index (κ2) is 8.05. The topological polar surface area (TPSA) is 79.8 Å². The number of carbonyl (C=O) groups is 1. The number of primary amides is 1. The number of alkyl halides is 3. The Kier molecular flexibility index (Phi) is 5.71. The van der Waals surface area contributed by atoms with E-state index >= 15 is 0 Å². The summed E-state index contributed by atoms with van der Waals surface area (Å²) in [6, 6.07) is 12.3. The molecule has 3 rings (SSSR count). The summed E-state index contributed by atoms with van der Waals surface area (Å²) < 4.78 is 38.8. The molecule has 1 amide bonds. The highest BCUT2D eigenvalue weighted by atomic mass is 32.1. The molecule has 0 saturated carbocycles. The lowest BCUT2D eigenvalue weighted by Gasteiger charge is -2.07. The highest BCUT2D eigenvalue weighted by molar-refractivity contribution is 7.15. The Morgan fingerprint density at radius 2 is 2.00 bits per heavy atom. The Labute approximate surface area is 169 Å². The van der Waals surface area contributed by atoms with Crippen LogP contribution in [0.1, 0.15) is 37.7 Å². The molecule has 3 aromatic rings. The van der Waals surface area contributed by atoms with Crippen molar-refractivity contribution in [3.8, 4) is 16.5 Å². The molecule has 1 aromatic heterocycles. The van der Waals surface area contributed by atoms with Crippen molar-refractivity contribution >= 4 is 17.2 Å². The van der Waals surface area contributed by atoms with Crippen LogP contribution in [-0.2, 0) is 19.0 Å². The molecular weight excluding hydrogens is 399 g/mol. The number of aromatic nitrogens is 1. The summed E-state index contributed by atoms with van der Waals surface area (Å²) in [6.07, 6.45) is -4.07. The van der Waals surface area contributed by atoms with E-state index in [2.05, 4.69) is 4.98 Å². The van der Waals surface area contributed by atoms with Crippen molar-refractivity contribution < 1.29 is 18.0 Å². The summed E-state index contributed by atoms with van der Waals surface area (Å²) in [6.45, 7) is 1.81. The molecule has 0 spiro atoms. The third kappa shape index (κ3) is 4.63. The summed E-state index contributed by atoms with van der Waals surface area (Å²) in [4.78, 5) is 16.9. The summed E-state index contributed by atoms with van der Waals surface area (Å²) in [5, 5.41) is 9.68. The Balaban J connectivity index is 1.93. The predicted molar refractivity (Wildman–Crippen MR) is 104 cm³/mol. The smallest absolute Gasteiger partial charge is 0.366 e. The van der Waals surface area contributed by atoms with Gasteiger partial charge in [-0.25, -0.2) is 4.98 Å². The average Bonchev–Trinajstić information content (AvgIpc) is 3.01. The fourth-order valence-electron chi connectivity index (χ4n) is 3.03. The van der Waals surface area contributed by atoms with E-state index in [0.717, 1.165) is 28.3 Å². The van der Waals surface area contributed by atoms with Crippen molar-refractivity contribution in [1.29, 1.82) is 5.26 Å². The zero-order chi connectivity index (χ0) is 21.2. The number of rotatable bonds is 5. The Bertz CT molecular complexity index is 1110. The number of halogens is 3. The minimum absolute atomic E-state index is 0.0427. The van der Waals surface area contributed by atoms with Crippen LogP contribution in [0.5, 0.6) is 0 Å².